The largest absolute Gasteiger partial charge is 0.394 e. The van der Waals surface area contributed by atoms with Crippen LogP contribution in [0.15, 0.2) is 11.1 Å². The second-order valence-electron chi connectivity index (χ2n) is 7.56. The van der Waals surface area contributed by atoms with Crippen molar-refractivity contribution in [3.63, 3.8) is 0 Å². The number of aromatic amines is 1. The molecule has 2 aliphatic heterocycles. The van der Waals surface area contributed by atoms with Gasteiger partial charge < -0.3 is 15.3 Å². The highest BCUT2D eigenvalue weighted by atomic mass is 32.2. The number of fused-ring (bicyclic) bond motifs is 2. The van der Waals surface area contributed by atoms with Crippen molar-refractivity contribution in [2.24, 2.45) is 0 Å². The first-order chi connectivity index (χ1) is 13.1. The lowest BCUT2D eigenvalue weighted by Crippen LogP contribution is -2.54. The summed E-state index contributed by atoms with van der Waals surface area (Å²) in [6.45, 7) is 1.22. The number of halogens is 1. The molecule has 1 unspecified atom stereocenters. The molecule has 0 radical (unpaired) electrons. The van der Waals surface area contributed by atoms with Gasteiger partial charge in [-0.25, -0.2) is 9.37 Å². The SMILES string of the molecule is O=S1CCc2nc(N3CCc4cn[nH]c4C3)nc(NC3(CO)CC(F)C3)c21. The summed E-state index contributed by atoms with van der Waals surface area (Å²) < 4.78 is 25.9. The number of alkyl halides is 1. The second-order valence-corrected chi connectivity index (χ2v) is 9.07. The van der Waals surface area contributed by atoms with Crippen molar-refractivity contribution in [3.05, 3.63) is 23.1 Å². The van der Waals surface area contributed by atoms with E-state index in [4.69, 9.17) is 0 Å². The molecule has 10 heteroatoms. The number of H-pyrrole nitrogens is 1. The molecule has 1 saturated carbocycles. The van der Waals surface area contributed by atoms with E-state index in [-0.39, 0.29) is 19.4 Å². The third-order valence-electron chi connectivity index (χ3n) is 5.68. The van der Waals surface area contributed by atoms with Crippen LogP contribution in [0.1, 0.15) is 29.8 Å². The predicted molar refractivity (Wildman–Crippen MR) is 97.9 cm³/mol. The van der Waals surface area contributed by atoms with Gasteiger partial charge in [0.1, 0.15) is 16.9 Å². The number of hydrogen-bond donors (Lipinski definition) is 3. The molecule has 5 rings (SSSR count). The quantitative estimate of drug-likeness (QED) is 0.703. The van der Waals surface area contributed by atoms with Gasteiger partial charge in [0.2, 0.25) is 5.95 Å². The molecule has 0 saturated heterocycles. The Bertz CT molecular complexity index is 913. The summed E-state index contributed by atoms with van der Waals surface area (Å²) in [4.78, 5) is 12.0. The molecule has 2 aromatic rings. The Balaban J connectivity index is 1.50. The van der Waals surface area contributed by atoms with E-state index in [1.165, 1.54) is 5.56 Å². The van der Waals surface area contributed by atoms with Crippen LogP contribution in [0.25, 0.3) is 0 Å². The summed E-state index contributed by atoms with van der Waals surface area (Å²) in [5.41, 5.74) is 2.30. The molecule has 0 spiro atoms. The fourth-order valence-electron chi connectivity index (χ4n) is 4.11. The van der Waals surface area contributed by atoms with E-state index >= 15 is 0 Å². The molecular weight excluding hydrogens is 371 g/mol. The summed E-state index contributed by atoms with van der Waals surface area (Å²) in [5, 5.41) is 20.1. The van der Waals surface area contributed by atoms with Crippen molar-refractivity contribution >= 4 is 22.6 Å². The third-order valence-corrected chi connectivity index (χ3v) is 7.14. The van der Waals surface area contributed by atoms with Crippen LogP contribution in [0.4, 0.5) is 16.2 Å². The summed E-state index contributed by atoms with van der Waals surface area (Å²) in [6, 6.07) is 0. The minimum Gasteiger partial charge on any atom is -0.394 e. The summed E-state index contributed by atoms with van der Waals surface area (Å²) in [5.74, 6) is 1.56. The number of anilines is 2. The molecule has 2 aromatic heterocycles. The number of aromatic nitrogens is 4. The molecule has 3 aliphatic rings. The highest BCUT2D eigenvalue weighted by molar-refractivity contribution is 7.85. The maximum atomic E-state index is 13.5. The highest BCUT2D eigenvalue weighted by Crippen LogP contribution is 2.40. The van der Waals surface area contributed by atoms with Crippen molar-refractivity contribution in [2.45, 2.75) is 48.8 Å². The van der Waals surface area contributed by atoms with Gasteiger partial charge in [0.25, 0.3) is 0 Å². The molecular formula is C17H21FN6O2S. The van der Waals surface area contributed by atoms with Gasteiger partial charge in [-0.15, -0.1) is 0 Å². The van der Waals surface area contributed by atoms with E-state index in [1.54, 1.807) is 0 Å². The maximum Gasteiger partial charge on any atom is 0.227 e. The first-order valence-electron chi connectivity index (χ1n) is 9.15. The van der Waals surface area contributed by atoms with E-state index in [0.29, 0.717) is 35.4 Å². The molecule has 27 heavy (non-hydrogen) atoms. The van der Waals surface area contributed by atoms with E-state index in [9.17, 15) is 13.7 Å². The van der Waals surface area contributed by atoms with E-state index in [0.717, 1.165) is 24.4 Å². The number of nitrogens with zero attached hydrogens (tertiary/aromatic N) is 4. The van der Waals surface area contributed by atoms with Crippen molar-refractivity contribution < 1.29 is 13.7 Å². The summed E-state index contributed by atoms with van der Waals surface area (Å²) >= 11 is 0. The van der Waals surface area contributed by atoms with Crippen LogP contribution < -0.4 is 10.2 Å². The lowest BCUT2D eigenvalue weighted by molar-refractivity contribution is 0.0621. The lowest BCUT2D eigenvalue weighted by Gasteiger charge is -2.44. The number of rotatable bonds is 4. The molecule has 0 aromatic carbocycles. The Labute approximate surface area is 158 Å². The van der Waals surface area contributed by atoms with Crippen molar-refractivity contribution in [2.75, 3.05) is 29.1 Å². The summed E-state index contributed by atoms with van der Waals surface area (Å²) in [6.07, 6.45) is 2.86. The molecule has 0 amide bonds. The number of nitrogens with one attached hydrogen (secondary N) is 2. The molecule has 144 valence electrons. The lowest BCUT2D eigenvalue weighted by atomic mass is 9.76. The highest BCUT2D eigenvalue weighted by Gasteiger charge is 2.45. The molecule has 1 fully saturated rings. The standard InChI is InChI=1S/C17H21FN6O2S/c18-11-5-17(6-11,9-25)22-15-14-12(2-4-27(14)26)20-16(21-15)24-3-1-10-7-19-23-13(10)8-24/h7,11,25H,1-6,8-9H2,(H,19,23)(H,20,21,22). The minimum absolute atomic E-state index is 0.185. The van der Waals surface area contributed by atoms with Gasteiger partial charge in [0.05, 0.1) is 47.1 Å². The van der Waals surface area contributed by atoms with Crippen LogP contribution in [0.2, 0.25) is 0 Å². The fraction of sp³-hybridized carbons (Fsp3) is 0.588. The normalized spacial score (nSPS) is 29.2. The first-order valence-corrected chi connectivity index (χ1v) is 10.5. The van der Waals surface area contributed by atoms with Crippen LogP contribution >= 0.6 is 0 Å². The van der Waals surface area contributed by atoms with Crippen molar-refractivity contribution in [3.8, 4) is 0 Å². The molecule has 0 bridgehead atoms. The zero-order valence-electron chi connectivity index (χ0n) is 14.7. The topological polar surface area (TPSA) is 107 Å². The molecule has 3 N–H and O–H groups in total. The predicted octanol–water partition coefficient (Wildman–Crippen LogP) is 0.701. The minimum atomic E-state index is -1.17. The van der Waals surface area contributed by atoms with Crippen LogP contribution in [0.5, 0.6) is 0 Å². The molecule has 4 heterocycles. The van der Waals surface area contributed by atoms with Gasteiger partial charge in [0.15, 0.2) is 0 Å². The van der Waals surface area contributed by atoms with E-state index < -0.39 is 22.5 Å². The Morgan fingerprint density at radius 3 is 3.04 bits per heavy atom. The smallest absolute Gasteiger partial charge is 0.227 e. The Morgan fingerprint density at radius 2 is 2.26 bits per heavy atom. The van der Waals surface area contributed by atoms with Crippen molar-refractivity contribution in [1.82, 2.24) is 20.2 Å². The average molecular weight is 392 g/mol. The molecule has 1 aliphatic carbocycles. The summed E-state index contributed by atoms with van der Waals surface area (Å²) in [7, 11) is -1.17. The van der Waals surface area contributed by atoms with Crippen molar-refractivity contribution in [1.29, 1.82) is 0 Å². The number of aliphatic hydroxyl groups excluding tert-OH is 1. The van der Waals surface area contributed by atoms with Gasteiger partial charge >= 0.3 is 0 Å². The average Bonchev–Trinajstić information content (AvgIpc) is 3.26. The van der Waals surface area contributed by atoms with Crippen LogP contribution in [0.3, 0.4) is 0 Å². The van der Waals surface area contributed by atoms with Gasteiger partial charge in [-0.1, -0.05) is 0 Å². The van der Waals surface area contributed by atoms with Crippen LogP contribution in [-0.4, -0.2) is 60.1 Å². The maximum absolute atomic E-state index is 13.5. The molecule has 1 atom stereocenters. The van der Waals surface area contributed by atoms with Gasteiger partial charge in [-0.05, 0) is 12.0 Å². The Kier molecular flexibility index (Phi) is 3.94. The first kappa shape index (κ1) is 17.1. The second kappa shape index (κ2) is 6.23. The van der Waals surface area contributed by atoms with E-state index in [2.05, 4.69) is 30.4 Å². The number of aryl methyl sites for hydroxylation is 1. The molecule has 8 nitrogen and oxygen atoms in total. The van der Waals surface area contributed by atoms with Crippen LogP contribution in [-0.2, 0) is 30.2 Å². The number of hydrogen-bond acceptors (Lipinski definition) is 7. The van der Waals surface area contributed by atoms with Crippen LogP contribution in [0, 0.1) is 0 Å². The van der Waals surface area contributed by atoms with E-state index in [1.807, 2.05) is 6.20 Å². The van der Waals surface area contributed by atoms with Gasteiger partial charge in [-0.3, -0.25) is 9.31 Å². The van der Waals surface area contributed by atoms with Gasteiger partial charge in [-0.2, -0.15) is 10.1 Å². The zero-order valence-corrected chi connectivity index (χ0v) is 15.6. The fourth-order valence-corrected chi connectivity index (χ4v) is 5.41. The third kappa shape index (κ3) is 2.82. The monoisotopic (exact) mass is 392 g/mol. The zero-order chi connectivity index (χ0) is 18.6. The Morgan fingerprint density at radius 1 is 1.41 bits per heavy atom. The number of aliphatic hydroxyl groups is 1. The Hall–Kier alpha value is -2.07. The van der Waals surface area contributed by atoms with Gasteiger partial charge in [0, 0.05) is 31.6 Å².